The van der Waals surface area contributed by atoms with E-state index in [0.717, 1.165) is 49.6 Å². The number of anilines is 1. The van der Waals surface area contributed by atoms with Crippen LogP contribution < -0.4 is 14.4 Å². The summed E-state index contributed by atoms with van der Waals surface area (Å²) in [6.45, 7) is 10.1. The summed E-state index contributed by atoms with van der Waals surface area (Å²) in [5.41, 5.74) is 1.14. The van der Waals surface area contributed by atoms with Crippen molar-refractivity contribution in [3.05, 3.63) is 42.2 Å². The zero-order valence-electron chi connectivity index (χ0n) is 20.8. The van der Waals surface area contributed by atoms with E-state index < -0.39 is 17.5 Å². The Balaban J connectivity index is 1.63. The minimum atomic E-state index is -1.09. The smallest absolute Gasteiger partial charge is 0.417 e. The molecule has 1 saturated heterocycles. The highest BCUT2D eigenvalue weighted by molar-refractivity contribution is 6.32. The summed E-state index contributed by atoms with van der Waals surface area (Å²) in [6.07, 6.45) is 2.89. The Morgan fingerprint density at radius 1 is 1.03 bits per heavy atom. The molecule has 36 heavy (non-hydrogen) atoms. The van der Waals surface area contributed by atoms with E-state index in [0.29, 0.717) is 29.5 Å². The number of ether oxygens (including phenoxy) is 2. The van der Waals surface area contributed by atoms with Gasteiger partial charge in [-0.1, -0.05) is 19.1 Å². The van der Waals surface area contributed by atoms with Crippen molar-refractivity contribution >= 4 is 28.5 Å². The molecule has 0 bridgehead atoms. The standard InChI is InChI=1S/C27H30N4O5/c1-4-30-12-14-31(15-13-30)24-19-6-5-7-20-21(19)23(36-26(33)25(32)35-20)22(29-24)17-8-9-18(28-16-17)10-11-27(2,3)34/h5-9,16,34H,4,10-15H2,1-3H3. The van der Waals surface area contributed by atoms with Gasteiger partial charge in [0, 0.05) is 49.0 Å². The molecule has 0 aliphatic carbocycles. The van der Waals surface area contributed by atoms with Gasteiger partial charge in [-0.25, -0.2) is 14.6 Å². The number of piperazine rings is 1. The summed E-state index contributed by atoms with van der Waals surface area (Å²) in [4.78, 5) is 38.8. The van der Waals surface area contributed by atoms with Gasteiger partial charge in [-0.2, -0.15) is 0 Å². The molecule has 9 heteroatoms. The number of aromatic nitrogens is 2. The maximum atomic E-state index is 12.4. The van der Waals surface area contributed by atoms with Crippen molar-refractivity contribution in [2.75, 3.05) is 37.6 Å². The Morgan fingerprint density at radius 2 is 1.78 bits per heavy atom. The third-order valence-electron chi connectivity index (χ3n) is 6.70. The lowest BCUT2D eigenvalue weighted by atomic mass is 10.0. The Bertz CT molecular complexity index is 1310. The van der Waals surface area contributed by atoms with Crippen molar-refractivity contribution in [1.29, 1.82) is 0 Å². The summed E-state index contributed by atoms with van der Waals surface area (Å²) in [5, 5.41) is 11.3. The van der Waals surface area contributed by atoms with Gasteiger partial charge >= 0.3 is 11.9 Å². The monoisotopic (exact) mass is 490 g/mol. The maximum Gasteiger partial charge on any atom is 0.423 e. The summed E-state index contributed by atoms with van der Waals surface area (Å²) in [6, 6.07) is 9.11. The van der Waals surface area contributed by atoms with Crippen LogP contribution >= 0.6 is 0 Å². The number of nitrogens with zero attached hydrogens (tertiary/aromatic N) is 4. The Kier molecular flexibility index (Phi) is 6.36. The van der Waals surface area contributed by atoms with Crippen molar-refractivity contribution in [2.45, 2.75) is 39.2 Å². The van der Waals surface area contributed by atoms with Crippen molar-refractivity contribution in [3.8, 4) is 22.8 Å². The predicted molar refractivity (Wildman–Crippen MR) is 135 cm³/mol. The fourth-order valence-corrected chi connectivity index (χ4v) is 4.61. The average Bonchev–Trinajstić information content (AvgIpc) is 3.00. The van der Waals surface area contributed by atoms with E-state index in [4.69, 9.17) is 14.5 Å². The van der Waals surface area contributed by atoms with Gasteiger partial charge in [-0.05, 0) is 51.4 Å². The zero-order chi connectivity index (χ0) is 25.4. The summed E-state index contributed by atoms with van der Waals surface area (Å²) in [7, 11) is 0. The zero-order valence-corrected chi connectivity index (χ0v) is 20.8. The van der Waals surface area contributed by atoms with Crippen molar-refractivity contribution < 1.29 is 24.2 Å². The van der Waals surface area contributed by atoms with Crippen molar-refractivity contribution in [3.63, 3.8) is 0 Å². The molecule has 1 N–H and O–H groups in total. The van der Waals surface area contributed by atoms with Crippen LogP contribution in [0.2, 0.25) is 0 Å². The Morgan fingerprint density at radius 3 is 2.44 bits per heavy atom. The number of aliphatic hydroxyl groups is 1. The van der Waals surface area contributed by atoms with Crippen molar-refractivity contribution in [1.82, 2.24) is 14.9 Å². The normalized spacial score (nSPS) is 16.6. The van der Waals surface area contributed by atoms with Gasteiger partial charge in [0.1, 0.15) is 17.3 Å². The SMILES string of the molecule is CCN1CCN(c2nc(-c3ccc(CCC(C)(C)O)nc3)c3c4c(cccc24)OC(=O)C(=O)O3)CC1. The number of carbonyl (C=O) groups excluding carboxylic acids is 2. The molecular weight excluding hydrogens is 460 g/mol. The van der Waals surface area contributed by atoms with E-state index in [1.54, 1.807) is 32.2 Å². The quantitative estimate of drug-likeness (QED) is 0.317. The highest BCUT2D eigenvalue weighted by atomic mass is 16.6. The molecule has 2 aliphatic heterocycles. The number of benzene rings is 1. The lowest BCUT2D eigenvalue weighted by molar-refractivity contribution is -0.155. The number of hydrogen-bond acceptors (Lipinski definition) is 9. The molecular formula is C27H30N4O5. The lowest BCUT2D eigenvalue weighted by Gasteiger charge is -2.35. The molecule has 1 fully saturated rings. The van der Waals surface area contributed by atoms with Gasteiger partial charge in [0.25, 0.3) is 0 Å². The van der Waals surface area contributed by atoms with Gasteiger partial charge in [0.05, 0.1) is 11.0 Å². The number of carbonyl (C=O) groups is 2. The maximum absolute atomic E-state index is 12.4. The number of rotatable bonds is 6. The molecule has 0 atom stereocenters. The molecule has 3 aromatic rings. The number of esters is 2. The van der Waals surface area contributed by atoms with E-state index in [-0.39, 0.29) is 11.5 Å². The number of likely N-dealkylation sites (N-methyl/N-ethyl adjacent to an activating group) is 1. The molecule has 188 valence electrons. The van der Waals surface area contributed by atoms with Gasteiger partial charge in [0.15, 0.2) is 5.75 Å². The molecule has 0 saturated carbocycles. The topological polar surface area (TPSA) is 105 Å². The van der Waals surface area contributed by atoms with Gasteiger partial charge in [0.2, 0.25) is 0 Å². The van der Waals surface area contributed by atoms with E-state index in [1.807, 2.05) is 18.2 Å². The molecule has 5 rings (SSSR count). The first-order valence-electron chi connectivity index (χ1n) is 12.3. The molecule has 0 radical (unpaired) electrons. The molecule has 4 heterocycles. The van der Waals surface area contributed by atoms with Crippen LogP contribution in [0.15, 0.2) is 36.5 Å². The molecule has 1 aromatic carbocycles. The molecule has 2 aliphatic rings. The number of pyridine rings is 2. The van der Waals surface area contributed by atoms with Crippen LogP contribution in [0.3, 0.4) is 0 Å². The first-order valence-corrected chi connectivity index (χ1v) is 12.3. The highest BCUT2D eigenvalue weighted by Gasteiger charge is 2.32. The van der Waals surface area contributed by atoms with Gasteiger partial charge in [-0.3, -0.25) is 4.98 Å². The molecule has 0 spiro atoms. The predicted octanol–water partition coefficient (Wildman–Crippen LogP) is 2.97. The minimum absolute atomic E-state index is 0.193. The van der Waals surface area contributed by atoms with E-state index in [9.17, 15) is 14.7 Å². The first kappa shape index (κ1) is 24.1. The molecule has 0 unspecified atom stereocenters. The summed E-state index contributed by atoms with van der Waals surface area (Å²) < 4.78 is 10.9. The number of hydrogen-bond donors (Lipinski definition) is 1. The van der Waals surface area contributed by atoms with E-state index in [2.05, 4.69) is 21.7 Å². The fraction of sp³-hybridized carbons (Fsp3) is 0.407. The van der Waals surface area contributed by atoms with Crippen LogP contribution in [0.4, 0.5) is 5.82 Å². The van der Waals surface area contributed by atoms with Crippen LogP contribution in [0.5, 0.6) is 11.5 Å². The lowest BCUT2D eigenvalue weighted by Crippen LogP contribution is -2.46. The second-order valence-corrected chi connectivity index (χ2v) is 9.84. The van der Waals surface area contributed by atoms with Gasteiger partial charge in [-0.15, -0.1) is 0 Å². The van der Waals surface area contributed by atoms with Gasteiger partial charge < -0.3 is 24.4 Å². The minimum Gasteiger partial charge on any atom is -0.417 e. The average molecular weight is 491 g/mol. The van der Waals surface area contributed by atoms with Crippen LogP contribution in [0.1, 0.15) is 32.9 Å². The van der Waals surface area contributed by atoms with Crippen LogP contribution in [-0.4, -0.2) is 70.2 Å². The second kappa shape index (κ2) is 9.48. The number of aryl methyl sites for hydroxylation is 1. The van der Waals surface area contributed by atoms with E-state index in [1.165, 1.54) is 0 Å². The largest absolute Gasteiger partial charge is 0.423 e. The molecule has 2 aromatic heterocycles. The Hall–Kier alpha value is -3.56. The van der Waals surface area contributed by atoms with Crippen LogP contribution in [-0.2, 0) is 16.0 Å². The van der Waals surface area contributed by atoms with Crippen molar-refractivity contribution in [2.24, 2.45) is 0 Å². The first-order chi connectivity index (χ1) is 17.2. The highest BCUT2D eigenvalue weighted by Crippen LogP contribution is 2.45. The second-order valence-electron chi connectivity index (χ2n) is 9.84. The molecule has 9 nitrogen and oxygen atoms in total. The van der Waals surface area contributed by atoms with E-state index >= 15 is 0 Å². The van der Waals surface area contributed by atoms with Crippen LogP contribution in [0, 0.1) is 0 Å². The fourth-order valence-electron chi connectivity index (χ4n) is 4.61. The third-order valence-corrected chi connectivity index (χ3v) is 6.70. The summed E-state index contributed by atoms with van der Waals surface area (Å²) >= 11 is 0. The molecule has 0 amide bonds. The Labute approximate surface area is 209 Å². The third kappa shape index (κ3) is 4.76. The van der Waals surface area contributed by atoms with Crippen LogP contribution in [0.25, 0.3) is 22.0 Å². The summed E-state index contributed by atoms with van der Waals surface area (Å²) in [5.74, 6) is -0.942.